The van der Waals surface area contributed by atoms with E-state index in [-0.39, 0.29) is 52.3 Å². The zero-order valence-electron chi connectivity index (χ0n) is 19.4. The first-order valence-electron chi connectivity index (χ1n) is 11.0. The molecule has 33 heavy (non-hydrogen) atoms. The Kier molecular flexibility index (Phi) is 7.68. The van der Waals surface area contributed by atoms with Crippen LogP contribution in [-0.2, 0) is 30.3 Å². The molecule has 8 nitrogen and oxygen atoms in total. The Labute approximate surface area is 193 Å². The van der Waals surface area contributed by atoms with E-state index in [0.29, 0.717) is 5.56 Å². The maximum atomic E-state index is 13.0. The maximum absolute atomic E-state index is 13.0. The number of hydrogen-bond acceptors (Lipinski definition) is 7. The molecule has 1 aromatic carbocycles. The number of Topliss-reactive ketones (excluding diaryl/α,β-unsaturated/α-hetero) is 2. The predicted molar refractivity (Wildman–Crippen MR) is 120 cm³/mol. The molecule has 176 valence electrons. The highest BCUT2D eigenvalue weighted by atomic mass is 16.5. The molecule has 1 aromatic rings. The van der Waals surface area contributed by atoms with Crippen LogP contribution in [0.2, 0.25) is 0 Å². The lowest BCUT2D eigenvalue weighted by Crippen LogP contribution is -2.36. The molecule has 1 N–H and O–H groups in total. The Hall–Kier alpha value is -3.42. The number of allylic oxidation sites excluding steroid dienone is 2. The predicted octanol–water partition coefficient (Wildman–Crippen LogP) is 3.19. The summed E-state index contributed by atoms with van der Waals surface area (Å²) in [7, 11) is 2.61. The minimum Gasteiger partial charge on any atom is -0.489 e. The fourth-order valence-corrected chi connectivity index (χ4v) is 4.23. The van der Waals surface area contributed by atoms with Crippen LogP contribution in [0.5, 0.6) is 5.75 Å². The Morgan fingerprint density at radius 1 is 1.00 bits per heavy atom. The van der Waals surface area contributed by atoms with E-state index < -0.39 is 17.5 Å². The SMILES string of the molecule is COC1=C(OC)C(=O)C(Cc2ccc(OC(C)=O)c(C(=O)NC3CCCCC3)c2)=C(C)C1=O. The monoisotopic (exact) mass is 455 g/mol. The largest absolute Gasteiger partial charge is 0.489 e. The number of esters is 1. The third-order valence-electron chi connectivity index (χ3n) is 5.96. The van der Waals surface area contributed by atoms with Gasteiger partial charge in [-0.2, -0.15) is 0 Å². The second kappa shape index (κ2) is 10.5. The van der Waals surface area contributed by atoms with E-state index >= 15 is 0 Å². The van der Waals surface area contributed by atoms with Crippen LogP contribution in [0.25, 0.3) is 0 Å². The summed E-state index contributed by atoms with van der Waals surface area (Å²) in [6.45, 7) is 2.83. The van der Waals surface area contributed by atoms with Gasteiger partial charge in [-0.1, -0.05) is 25.3 Å². The number of ether oxygens (including phenoxy) is 3. The van der Waals surface area contributed by atoms with Crippen molar-refractivity contribution in [3.63, 3.8) is 0 Å². The molecule has 1 amide bonds. The smallest absolute Gasteiger partial charge is 0.308 e. The summed E-state index contributed by atoms with van der Waals surface area (Å²) in [5, 5.41) is 3.03. The molecule has 2 aliphatic rings. The minimum absolute atomic E-state index is 0.0736. The van der Waals surface area contributed by atoms with E-state index in [1.165, 1.54) is 27.2 Å². The zero-order chi connectivity index (χ0) is 24.1. The van der Waals surface area contributed by atoms with Crippen LogP contribution in [0.15, 0.2) is 40.9 Å². The fraction of sp³-hybridized carbons (Fsp3) is 0.440. The number of carbonyl (C=O) groups excluding carboxylic acids is 4. The Balaban J connectivity index is 1.92. The summed E-state index contributed by atoms with van der Waals surface area (Å²) in [6.07, 6.45) is 5.19. The molecule has 1 fully saturated rings. The molecule has 0 heterocycles. The topological polar surface area (TPSA) is 108 Å². The summed E-state index contributed by atoms with van der Waals surface area (Å²) < 4.78 is 15.4. The summed E-state index contributed by atoms with van der Waals surface area (Å²) in [5.41, 5.74) is 1.35. The van der Waals surface area contributed by atoms with Crippen molar-refractivity contribution >= 4 is 23.4 Å². The average molecular weight is 456 g/mol. The summed E-state index contributed by atoms with van der Waals surface area (Å²) >= 11 is 0. The third-order valence-corrected chi connectivity index (χ3v) is 5.96. The lowest BCUT2D eigenvalue weighted by molar-refractivity contribution is -0.131. The Morgan fingerprint density at radius 2 is 1.64 bits per heavy atom. The van der Waals surface area contributed by atoms with E-state index in [0.717, 1.165) is 32.1 Å². The second-order valence-electron chi connectivity index (χ2n) is 8.24. The normalized spacial score (nSPS) is 17.2. The van der Waals surface area contributed by atoms with Gasteiger partial charge < -0.3 is 19.5 Å². The summed E-state index contributed by atoms with van der Waals surface area (Å²) in [5.74, 6) is -1.86. The van der Waals surface area contributed by atoms with Crippen LogP contribution in [0, 0.1) is 0 Å². The molecule has 3 rings (SSSR count). The molecular formula is C25H29NO7. The number of ketones is 2. The molecular weight excluding hydrogens is 426 g/mol. The maximum Gasteiger partial charge on any atom is 0.308 e. The highest BCUT2D eigenvalue weighted by Crippen LogP contribution is 2.30. The first-order chi connectivity index (χ1) is 15.8. The number of carbonyl (C=O) groups is 4. The van der Waals surface area contributed by atoms with Crippen molar-refractivity contribution in [1.82, 2.24) is 5.32 Å². The van der Waals surface area contributed by atoms with Crippen LogP contribution in [0.1, 0.15) is 61.9 Å². The lowest BCUT2D eigenvalue weighted by Gasteiger charge is -2.23. The molecule has 1 saturated carbocycles. The fourth-order valence-electron chi connectivity index (χ4n) is 4.23. The van der Waals surface area contributed by atoms with E-state index in [9.17, 15) is 19.2 Å². The highest BCUT2D eigenvalue weighted by molar-refractivity contribution is 6.23. The van der Waals surface area contributed by atoms with Gasteiger partial charge in [-0.15, -0.1) is 0 Å². The highest BCUT2D eigenvalue weighted by Gasteiger charge is 2.34. The van der Waals surface area contributed by atoms with Crippen molar-refractivity contribution in [2.45, 2.75) is 58.4 Å². The molecule has 0 atom stereocenters. The molecule has 0 bridgehead atoms. The van der Waals surface area contributed by atoms with E-state index in [1.54, 1.807) is 19.1 Å². The van der Waals surface area contributed by atoms with Gasteiger partial charge in [0, 0.05) is 30.5 Å². The molecule has 0 saturated heterocycles. The van der Waals surface area contributed by atoms with Crippen molar-refractivity contribution in [1.29, 1.82) is 0 Å². The van der Waals surface area contributed by atoms with E-state index in [2.05, 4.69) is 5.32 Å². The second-order valence-corrected chi connectivity index (χ2v) is 8.24. The summed E-state index contributed by atoms with van der Waals surface area (Å²) in [6, 6.07) is 4.86. The van der Waals surface area contributed by atoms with Crippen molar-refractivity contribution in [3.8, 4) is 5.75 Å². The number of rotatable bonds is 7. The van der Waals surface area contributed by atoms with Crippen molar-refractivity contribution in [2.24, 2.45) is 0 Å². The van der Waals surface area contributed by atoms with Crippen molar-refractivity contribution in [2.75, 3.05) is 14.2 Å². The van der Waals surface area contributed by atoms with Gasteiger partial charge in [0.15, 0.2) is 0 Å². The number of nitrogens with one attached hydrogen (secondary N) is 1. The van der Waals surface area contributed by atoms with Crippen molar-refractivity contribution < 1.29 is 33.4 Å². The molecule has 0 radical (unpaired) electrons. The van der Waals surface area contributed by atoms with Crippen LogP contribution < -0.4 is 10.1 Å². The minimum atomic E-state index is -0.539. The number of amides is 1. The third kappa shape index (κ3) is 5.32. The Morgan fingerprint density at radius 3 is 2.24 bits per heavy atom. The standard InChI is InChI=1S/C25H29NO7/c1-14-18(22(29)24(32-4)23(31-3)21(14)28)12-16-10-11-20(33-15(2)27)19(13-16)25(30)26-17-8-6-5-7-9-17/h10-11,13,17H,5-9,12H2,1-4H3,(H,26,30). The molecule has 8 heteroatoms. The van der Waals surface area contributed by atoms with Gasteiger partial charge in [0.25, 0.3) is 5.91 Å². The van der Waals surface area contributed by atoms with Crippen LogP contribution in [-0.4, -0.2) is 43.7 Å². The van der Waals surface area contributed by atoms with Gasteiger partial charge in [0.2, 0.25) is 23.1 Å². The number of hydrogen-bond donors (Lipinski definition) is 1. The average Bonchev–Trinajstić information content (AvgIpc) is 2.80. The van der Waals surface area contributed by atoms with Crippen LogP contribution >= 0.6 is 0 Å². The van der Waals surface area contributed by atoms with Gasteiger partial charge in [-0.3, -0.25) is 19.2 Å². The van der Waals surface area contributed by atoms with Gasteiger partial charge in [0.1, 0.15) is 5.75 Å². The van der Waals surface area contributed by atoms with Crippen molar-refractivity contribution in [3.05, 3.63) is 52.0 Å². The molecule has 0 aliphatic heterocycles. The van der Waals surface area contributed by atoms with Gasteiger partial charge in [-0.05, 0) is 37.5 Å². The molecule has 0 unspecified atom stereocenters. The van der Waals surface area contributed by atoms with Crippen LogP contribution in [0.4, 0.5) is 0 Å². The van der Waals surface area contributed by atoms with E-state index in [4.69, 9.17) is 14.2 Å². The van der Waals surface area contributed by atoms with Crippen LogP contribution in [0.3, 0.4) is 0 Å². The zero-order valence-corrected chi connectivity index (χ0v) is 19.4. The van der Waals surface area contributed by atoms with E-state index in [1.807, 2.05) is 0 Å². The summed E-state index contributed by atoms with van der Waals surface area (Å²) in [4.78, 5) is 50.2. The number of benzene rings is 1. The first kappa shape index (κ1) is 24.2. The molecule has 0 aromatic heterocycles. The molecule has 2 aliphatic carbocycles. The number of methoxy groups -OCH3 is 2. The first-order valence-corrected chi connectivity index (χ1v) is 11.0. The van der Waals surface area contributed by atoms with Gasteiger partial charge in [0.05, 0.1) is 19.8 Å². The van der Waals surface area contributed by atoms with Gasteiger partial charge >= 0.3 is 5.97 Å². The Bertz CT molecular complexity index is 1040. The van der Waals surface area contributed by atoms with Gasteiger partial charge in [-0.25, -0.2) is 0 Å². The quantitative estimate of drug-likeness (QED) is 0.382. The molecule has 0 spiro atoms. The lowest BCUT2D eigenvalue weighted by atomic mass is 9.88.